The predicted molar refractivity (Wildman–Crippen MR) is 168 cm³/mol. The molecule has 1 aromatic rings. The third-order valence-corrected chi connectivity index (χ3v) is 12.0. The Labute approximate surface area is 253 Å². The SMILES string of the molecule is CC(C)=CCC/C(C)=C/CN1C(=O)[C@]2(O[C@H](CC(=O)N3CCC[C@H]3CO)[C@@H]([Si](C)(C)F)[C@@H]2C)c2cc(I)ccc21. The summed E-state index contributed by atoms with van der Waals surface area (Å²) in [5.74, 6) is -0.728. The highest BCUT2D eigenvalue weighted by molar-refractivity contribution is 14.1. The standard InChI is InChI=1S/C31H44FIN2O4Si/c1-20(2)9-7-10-21(3)14-16-35-26-13-12-23(33)17-25(26)31(30(35)38)22(4)29(40(5,6)32)27(39-31)18-28(37)34-15-8-11-24(34)19-36/h9,12-14,17,22,24,27,29,36H,7-8,10-11,15-16,18-19H2,1-6H3/b21-14+/t22-,24-,27+,29-,31+/m0/s1. The number of allylic oxidation sites excluding steroid dienone is 3. The Morgan fingerprint density at radius 1 is 1.27 bits per heavy atom. The molecule has 40 heavy (non-hydrogen) atoms. The van der Waals surface area contributed by atoms with Gasteiger partial charge in [0.05, 0.1) is 30.9 Å². The van der Waals surface area contributed by atoms with Crippen LogP contribution in [-0.4, -0.2) is 62.1 Å². The third kappa shape index (κ3) is 5.98. The van der Waals surface area contributed by atoms with Gasteiger partial charge in [-0.1, -0.05) is 30.2 Å². The van der Waals surface area contributed by atoms with Crippen molar-refractivity contribution in [3.63, 3.8) is 0 Å². The minimum absolute atomic E-state index is 0.0174. The molecule has 0 aromatic heterocycles. The van der Waals surface area contributed by atoms with E-state index in [1.54, 1.807) is 22.9 Å². The summed E-state index contributed by atoms with van der Waals surface area (Å²) < 4.78 is 23.8. The van der Waals surface area contributed by atoms with Crippen molar-refractivity contribution >= 4 is 48.5 Å². The number of carbonyl (C=O) groups excluding carboxylic acids is 2. The van der Waals surface area contributed by atoms with Crippen LogP contribution in [0.4, 0.5) is 9.80 Å². The number of aliphatic hydroxyl groups excluding tert-OH is 1. The molecule has 0 bridgehead atoms. The van der Waals surface area contributed by atoms with E-state index in [2.05, 4.69) is 55.5 Å². The molecule has 3 aliphatic rings. The number of halogens is 2. The number of hydrogen-bond donors (Lipinski definition) is 1. The molecule has 0 aliphatic carbocycles. The molecule has 4 rings (SSSR count). The van der Waals surface area contributed by atoms with Crippen molar-refractivity contribution in [3.8, 4) is 0 Å². The zero-order valence-electron chi connectivity index (χ0n) is 24.7. The second-order valence-corrected chi connectivity index (χ2v) is 17.5. The largest absolute Gasteiger partial charge is 0.394 e. The number of benzene rings is 1. The van der Waals surface area contributed by atoms with Gasteiger partial charge in [-0.25, -0.2) is 0 Å². The summed E-state index contributed by atoms with van der Waals surface area (Å²) in [6.07, 6.45) is 7.12. The molecule has 2 saturated heterocycles. The highest BCUT2D eigenvalue weighted by Crippen LogP contribution is 2.60. The summed E-state index contributed by atoms with van der Waals surface area (Å²) in [6.45, 7) is 12.4. The van der Waals surface area contributed by atoms with Crippen molar-refractivity contribution < 1.29 is 23.5 Å². The van der Waals surface area contributed by atoms with E-state index in [9.17, 15) is 14.7 Å². The van der Waals surface area contributed by atoms with E-state index in [1.165, 1.54) is 11.1 Å². The average Bonchev–Trinajstić information content (AvgIpc) is 3.52. The number of carbonyl (C=O) groups is 2. The van der Waals surface area contributed by atoms with Crippen LogP contribution in [0, 0.1) is 9.49 Å². The van der Waals surface area contributed by atoms with E-state index >= 15 is 4.11 Å². The summed E-state index contributed by atoms with van der Waals surface area (Å²) in [5, 5.41) is 9.76. The number of rotatable bonds is 9. The van der Waals surface area contributed by atoms with Gasteiger partial charge in [0.15, 0.2) is 5.60 Å². The molecule has 0 radical (unpaired) electrons. The second-order valence-electron chi connectivity index (χ2n) is 12.5. The molecule has 9 heteroatoms. The number of likely N-dealkylation sites (tertiary alicyclic amines) is 1. The Kier molecular flexibility index (Phi) is 9.69. The first-order valence-electron chi connectivity index (χ1n) is 14.5. The van der Waals surface area contributed by atoms with Crippen LogP contribution in [0.5, 0.6) is 0 Å². The first-order valence-corrected chi connectivity index (χ1v) is 18.5. The number of aliphatic hydroxyl groups is 1. The predicted octanol–water partition coefficient (Wildman–Crippen LogP) is 6.48. The van der Waals surface area contributed by atoms with Crippen molar-refractivity contribution in [1.29, 1.82) is 0 Å². The van der Waals surface area contributed by atoms with Crippen molar-refractivity contribution in [2.24, 2.45) is 5.92 Å². The minimum atomic E-state index is -3.36. The Balaban J connectivity index is 1.67. The van der Waals surface area contributed by atoms with Crippen molar-refractivity contribution in [2.75, 3.05) is 24.6 Å². The average molecular weight is 683 g/mol. The summed E-state index contributed by atoms with van der Waals surface area (Å²) in [6, 6.07) is 5.74. The molecule has 220 valence electrons. The van der Waals surface area contributed by atoms with Gasteiger partial charge < -0.3 is 23.8 Å². The quantitative estimate of drug-likeness (QED) is 0.140. The topological polar surface area (TPSA) is 70.1 Å². The molecular weight excluding hydrogens is 638 g/mol. The van der Waals surface area contributed by atoms with Crippen LogP contribution in [0.1, 0.15) is 65.4 Å². The van der Waals surface area contributed by atoms with E-state index < -0.39 is 31.6 Å². The van der Waals surface area contributed by atoms with Crippen molar-refractivity contribution in [3.05, 3.63) is 50.6 Å². The molecular formula is C31H44FIN2O4Si. The Morgan fingerprint density at radius 3 is 2.65 bits per heavy atom. The number of ether oxygens (including phenoxy) is 1. The van der Waals surface area contributed by atoms with Crippen LogP contribution in [0.15, 0.2) is 41.5 Å². The molecule has 1 N–H and O–H groups in total. The molecule has 2 amide bonds. The van der Waals surface area contributed by atoms with Gasteiger partial charge in [0.2, 0.25) is 14.3 Å². The Bertz CT molecular complexity index is 1190. The fourth-order valence-electron chi connectivity index (χ4n) is 6.98. The fourth-order valence-corrected chi connectivity index (χ4v) is 9.97. The van der Waals surface area contributed by atoms with E-state index in [0.29, 0.717) is 13.1 Å². The van der Waals surface area contributed by atoms with E-state index in [4.69, 9.17) is 4.74 Å². The molecule has 0 unspecified atom stereocenters. The highest BCUT2D eigenvalue weighted by atomic mass is 127. The number of fused-ring (bicyclic) bond motifs is 2. The lowest BCUT2D eigenvalue weighted by Gasteiger charge is -2.31. The monoisotopic (exact) mass is 682 g/mol. The summed E-state index contributed by atoms with van der Waals surface area (Å²) >= 11 is 2.24. The first kappa shape index (κ1) is 31.4. The zero-order chi connectivity index (χ0) is 29.4. The van der Waals surface area contributed by atoms with Gasteiger partial charge in [0.25, 0.3) is 5.91 Å². The maximum Gasteiger partial charge on any atom is 0.264 e. The number of amides is 2. The number of anilines is 1. The molecule has 5 atom stereocenters. The molecule has 3 heterocycles. The van der Waals surface area contributed by atoms with Crippen LogP contribution in [0.3, 0.4) is 0 Å². The summed E-state index contributed by atoms with van der Waals surface area (Å²) in [4.78, 5) is 31.3. The lowest BCUT2D eigenvalue weighted by molar-refractivity contribution is -0.149. The van der Waals surface area contributed by atoms with Gasteiger partial charge in [-0.3, -0.25) is 9.59 Å². The molecule has 6 nitrogen and oxygen atoms in total. The van der Waals surface area contributed by atoms with Crippen LogP contribution < -0.4 is 4.90 Å². The van der Waals surface area contributed by atoms with Gasteiger partial charge in [0, 0.05) is 33.7 Å². The normalized spacial score (nSPS) is 28.5. The lowest BCUT2D eigenvalue weighted by atomic mass is 9.82. The Hall–Kier alpha value is -1.56. The van der Waals surface area contributed by atoms with Crippen LogP contribution >= 0.6 is 22.6 Å². The smallest absolute Gasteiger partial charge is 0.264 e. The fraction of sp³-hybridized carbons (Fsp3) is 0.613. The Morgan fingerprint density at radius 2 is 2.00 bits per heavy atom. The van der Waals surface area contributed by atoms with Crippen molar-refractivity contribution in [1.82, 2.24) is 4.90 Å². The van der Waals surface area contributed by atoms with Crippen LogP contribution in [0.25, 0.3) is 0 Å². The van der Waals surface area contributed by atoms with Crippen LogP contribution in [-0.2, 0) is 19.9 Å². The van der Waals surface area contributed by atoms with Gasteiger partial charge in [-0.2, -0.15) is 0 Å². The molecule has 3 aliphatic heterocycles. The third-order valence-electron chi connectivity index (χ3n) is 8.92. The lowest BCUT2D eigenvalue weighted by Crippen LogP contribution is -2.45. The van der Waals surface area contributed by atoms with Gasteiger partial charge in [0.1, 0.15) is 0 Å². The maximum atomic E-state index is 16.1. The molecule has 0 saturated carbocycles. The van der Waals surface area contributed by atoms with Crippen LogP contribution in [0.2, 0.25) is 18.6 Å². The van der Waals surface area contributed by atoms with Gasteiger partial charge >= 0.3 is 0 Å². The maximum absolute atomic E-state index is 16.1. The molecule has 1 aromatic carbocycles. The molecule has 1 spiro atoms. The minimum Gasteiger partial charge on any atom is -0.394 e. The first-order chi connectivity index (χ1) is 18.8. The van der Waals surface area contributed by atoms with E-state index in [-0.39, 0.29) is 30.9 Å². The van der Waals surface area contributed by atoms with E-state index in [1.807, 2.05) is 25.1 Å². The van der Waals surface area contributed by atoms with Gasteiger partial charge in [-0.15, -0.1) is 0 Å². The number of nitrogens with zero attached hydrogens (tertiary/aromatic N) is 2. The van der Waals surface area contributed by atoms with Crippen molar-refractivity contribution in [2.45, 2.75) is 96.2 Å². The second kappa shape index (κ2) is 12.4. The van der Waals surface area contributed by atoms with Gasteiger partial charge in [-0.05, 0) is 100 Å². The summed E-state index contributed by atoms with van der Waals surface area (Å²) in [5.41, 5.74) is 2.23. The highest BCUT2D eigenvalue weighted by Gasteiger charge is 2.67. The number of hydrogen-bond acceptors (Lipinski definition) is 4. The molecule has 2 fully saturated rings. The van der Waals surface area contributed by atoms with E-state index in [0.717, 1.165) is 40.5 Å². The zero-order valence-corrected chi connectivity index (χ0v) is 27.8. The summed E-state index contributed by atoms with van der Waals surface area (Å²) in [7, 11) is -3.36.